The van der Waals surface area contributed by atoms with Crippen LogP contribution < -0.4 is 0 Å². The lowest BCUT2D eigenvalue weighted by Crippen LogP contribution is -2.20. The average molecular weight is 282 g/mol. The zero-order chi connectivity index (χ0) is 14.0. The standard InChI is InChI=1S/C16H30N2S/c1-4-6-8-10-12-16(3,13-11-9-7-5-2)15-14-17-18-19-15/h14H,4-13H2,1-3H3. The molecule has 19 heavy (non-hydrogen) atoms. The third-order valence-corrected chi connectivity index (χ3v) is 5.09. The summed E-state index contributed by atoms with van der Waals surface area (Å²) in [7, 11) is 0. The van der Waals surface area contributed by atoms with Crippen LogP contribution in [0.3, 0.4) is 0 Å². The van der Waals surface area contributed by atoms with E-state index in [0.717, 1.165) is 0 Å². The van der Waals surface area contributed by atoms with Crippen LogP contribution in [-0.4, -0.2) is 9.59 Å². The van der Waals surface area contributed by atoms with Gasteiger partial charge in [0, 0.05) is 5.41 Å². The summed E-state index contributed by atoms with van der Waals surface area (Å²) >= 11 is 1.60. The van der Waals surface area contributed by atoms with Crippen molar-refractivity contribution in [1.29, 1.82) is 0 Å². The van der Waals surface area contributed by atoms with Gasteiger partial charge in [-0.05, 0) is 24.4 Å². The molecule has 0 spiro atoms. The van der Waals surface area contributed by atoms with E-state index >= 15 is 0 Å². The molecule has 0 aliphatic heterocycles. The molecular formula is C16H30N2S. The fourth-order valence-corrected chi connectivity index (χ4v) is 3.39. The quantitative estimate of drug-likeness (QED) is 0.484. The first-order valence-electron chi connectivity index (χ1n) is 8.00. The van der Waals surface area contributed by atoms with Crippen LogP contribution in [0.4, 0.5) is 0 Å². The number of nitrogens with zero attached hydrogens (tertiary/aromatic N) is 2. The van der Waals surface area contributed by atoms with Crippen LogP contribution in [0, 0.1) is 0 Å². The van der Waals surface area contributed by atoms with Gasteiger partial charge in [-0.25, -0.2) is 0 Å². The van der Waals surface area contributed by atoms with Gasteiger partial charge in [0.25, 0.3) is 0 Å². The fraction of sp³-hybridized carbons (Fsp3) is 0.875. The summed E-state index contributed by atoms with van der Waals surface area (Å²) < 4.78 is 4.07. The van der Waals surface area contributed by atoms with Crippen LogP contribution in [0.15, 0.2) is 6.20 Å². The Morgan fingerprint density at radius 1 is 0.947 bits per heavy atom. The Balaban J connectivity index is 2.47. The van der Waals surface area contributed by atoms with Gasteiger partial charge in [-0.3, -0.25) is 0 Å². The molecule has 3 heteroatoms. The molecule has 0 amide bonds. The summed E-state index contributed by atoms with van der Waals surface area (Å²) in [5.74, 6) is 0. The molecule has 0 fully saturated rings. The molecule has 110 valence electrons. The normalized spacial score (nSPS) is 11.9. The highest BCUT2D eigenvalue weighted by molar-refractivity contribution is 7.05. The summed E-state index contributed by atoms with van der Waals surface area (Å²) in [5, 5.41) is 4.05. The van der Waals surface area contributed by atoms with Crippen LogP contribution in [0.2, 0.25) is 0 Å². The first kappa shape index (κ1) is 16.6. The molecule has 2 nitrogen and oxygen atoms in total. The summed E-state index contributed by atoms with van der Waals surface area (Å²) in [6, 6.07) is 0. The molecule has 0 bridgehead atoms. The predicted octanol–water partition coefficient (Wildman–Crippen LogP) is 5.74. The van der Waals surface area contributed by atoms with Gasteiger partial charge in [-0.15, -0.1) is 5.10 Å². The number of hydrogen-bond donors (Lipinski definition) is 0. The Kier molecular flexibility index (Phi) is 8.27. The van der Waals surface area contributed by atoms with Gasteiger partial charge in [-0.1, -0.05) is 76.6 Å². The number of aromatic nitrogens is 2. The molecular weight excluding hydrogens is 252 g/mol. The van der Waals surface area contributed by atoms with Crippen molar-refractivity contribution >= 4 is 11.5 Å². The molecule has 1 heterocycles. The second-order valence-corrected chi connectivity index (χ2v) is 6.75. The van der Waals surface area contributed by atoms with Crippen molar-refractivity contribution in [2.75, 3.05) is 0 Å². The third kappa shape index (κ3) is 6.03. The lowest BCUT2D eigenvalue weighted by Gasteiger charge is -2.28. The van der Waals surface area contributed by atoms with Gasteiger partial charge in [-0.2, -0.15) is 0 Å². The number of rotatable bonds is 11. The van der Waals surface area contributed by atoms with Crippen molar-refractivity contribution < 1.29 is 0 Å². The maximum atomic E-state index is 4.07. The van der Waals surface area contributed by atoms with Gasteiger partial charge in [0.05, 0.1) is 11.1 Å². The van der Waals surface area contributed by atoms with E-state index in [9.17, 15) is 0 Å². The maximum absolute atomic E-state index is 4.07. The lowest BCUT2D eigenvalue weighted by atomic mass is 9.79. The van der Waals surface area contributed by atoms with E-state index in [0.29, 0.717) is 5.41 Å². The molecule has 0 saturated carbocycles. The maximum Gasteiger partial charge on any atom is 0.0658 e. The molecule has 0 atom stereocenters. The van der Waals surface area contributed by atoms with Crippen molar-refractivity contribution in [3.8, 4) is 0 Å². The Labute approximate surface area is 123 Å². The molecule has 0 N–H and O–H groups in total. The van der Waals surface area contributed by atoms with Gasteiger partial charge >= 0.3 is 0 Å². The van der Waals surface area contributed by atoms with E-state index in [2.05, 4.69) is 30.4 Å². The van der Waals surface area contributed by atoms with Gasteiger partial charge in [0.2, 0.25) is 0 Å². The Morgan fingerprint density at radius 3 is 1.95 bits per heavy atom. The average Bonchev–Trinajstić information content (AvgIpc) is 2.95. The van der Waals surface area contributed by atoms with Gasteiger partial charge in [0.15, 0.2) is 0 Å². The zero-order valence-corrected chi connectivity index (χ0v) is 13.8. The molecule has 0 radical (unpaired) electrons. The fourth-order valence-electron chi connectivity index (χ4n) is 2.69. The van der Waals surface area contributed by atoms with Gasteiger partial charge < -0.3 is 0 Å². The summed E-state index contributed by atoms with van der Waals surface area (Å²) in [4.78, 5) is 1.39. The van der Waals surface area contributed by atoms with Crippen molar-refractivity contribution in [3.63, 3.8) is 0 Å². The minimum Gasteiger partial charge on any atom is -0.146 e. The SMILES string of the molecule is CCCCCCC(C)(CCCCCC)c1cnns1. The Morgan fingerprint density at radius 2 is 1.53 bits per heavy atom. The monoisotopic (exact) mass is 282 g/mol. The van der Waals surface area contributed by atoms with E-state index in [4.69, 9.17) is 0 Å². The van der Waals surface area contributed by atoms with Crippen molar-refractivity contribution in [3.05, 3.63) is 11.1 Å². The van der Waals surface area contributed by atoms with E-state index in [-0.39, 0.29) is 0 Å². The van der Waals surface area contributed by atoms with Crippen LogP contribution in [0.5, 0.6) is 0 Å². The third-order valence-electron chi connectivity index (χ3n) is 4.12. The Hall–Kier alpha value is -0.440. The summed E-state index contributed by atoms with van der Waals surface area (Å²) in [6.45, 7) is 6.97. The predicted molar refractivity (Wildman–Crippen MR) is 84.8 cm³/mol. The molecule has 0 aliphatic rings. The lowest BCUT2D eigenvalue weighted by molar-refractivity contribution is 0.370. The number of unbranched alkanes of at least 4 members (excludes halogenated alkanes) is 6. The highest BCUT2D eigenvalue weighted by atomic mass is 32.1. The van der Waals surface area contributed by atoms with E-state index in [1.54, 1.807) is 11.5 Å². The van der Waals surface area contributed by atoms with Crippen LogP contribution in [-0.2, 0) is 5.41 Å². The van der Waals surface area contributed by atoms with Crippen LogP contribution in [0.1, 0.15) is 89.9 Å². The first-order valence-corrected chi connectivity index (χ1v) is 8.78. The van der Waals surface area contributed by atoms with E-state index < -0.39 is 0 Å². The van der Waals surface area contributed by atoms with E-state index in [1.165, 1.54) is 69.1 Å². The molecule has 0 unspecified atom stereocenters. The van der Waals surface area contributed by atoms with Crippen molar-refractivity contribution in [2.45, 2.75) is 90.4 Å². The highest BCUT2D eigenvalue weighted by Crippen LogP contribution is 2.36. The second-order valence-electron chi connectivity index (χ2n) is 5.96. The highest BCUT2D eigenvalue weighted by Gasteiger charge is 2.27. The minimum atomic E-state index is 0.315. The number of hydrogen-bond acceptors (Lipinski definition) is 3. The van der Waals surface area contributed by atoms with Crippen molar-refractivity contribution in [2.24, 2.45) is 0 Å². The topological polar surface area (TPSA) is 25.8 Å². The largest absolute Gasteiger partial charge is 0.146 e. The molecule has 1 aromatic rings. The smallest absolute Gasteiger partial charge is 0.0658 e. The molecule has 0 saturated heterocycles. The zero-order valence-electron chi connectivity index (χ0n) is 13.0. The first-order chi connectivity index (χ1) is 9.23. The van der Waals surface area contributed by atoms with Crippen LogP contribution >= 0.6 is 11.5 Å². The summed E-state index contributed by atoms with van der Waals surface area (Å²) in [5.41, 5.74) is 0.315. The minimum absolute atomic E-state index is 0.315. The summed E-state index contributed by atoms with van der Waals surface area (Å²) in [6.07, 6.45) is 15.4. The molecule has 1 aromatic heterocycles. The van der Waals surface area contributed by atoms with E-state index in [1.807, 2.05) is 6.20 Å². The molecule has 0 aliphatic carbocycles. The van der Waals surface area contributed by atoms with Crippen molar-refractivity contribution in [1.82, 2.24) is 9.59 Å². The van der Waals surface area contributed by atoms with Gasteiger partial charge in [0.1, 0.15) is 0 Å². The second kappa shape index (κ2) is 9.46. The molecule has 1 rings (SSSR count). The van der Waals surface area contributed by atoms with Crippen LogP contribution in [0.25, 0.3) is 0 Å². The molecule has 0 aromatic carbocycles. The Bertz CT molecular complexity index is 297.